The van der Waals surface area contributed by atoms with Gasteiger partial charge < -0.3 is 14.6 Å². The number of rotatable bonds is 7. The van der Waals surface area contributed by atoms with Crippen molar-refractivity contribution in [1.29, 1.82) is 0 Å². The van der Waals surface area contributed by atoms with Gasteiger partial charge in [-0.1, -0.05) is 12.1 Å². The molecule has 1 fully saturated rings. The third kappa shape index (κ3) is 5.31. The van der Waals surface area contributed by atoms with Crippen molar-refractivity contribution in [1.82, 2.24) is 19.9 Å². The van der Waals surface area contributed by atoms with Gasteiger partial charge in [0.05, 0.1) is 40.7 Å². The Hall–Kier alpha value is -3.43. The normalized spacial score (nSPS) is 15.5. The highest BCUT2D eigenvalue weighted by Gasteiger charge is 2.25. The lowest BCUT2D eigenvalue weighted by Crippen LogP contribution is -2.38. The lowest BCUT2D eigenvalue weighted by Gasteiger charge is -2.25. The third-order valence-corrected chi connectivity index (χ3v) is 7.01. The number of thiazole rings is 1. The van der Waals surface area contributed by atoms with Crippen molar-refractivity contribution in [2.24, 2.45) is 0 Å². The number of amides is 1. The molecular formula is C26H25FN4O3S. The van der Waals surface area contributed by atoms with Crippen molar-refractivity contribution in [2.75, 3.05) is 13.2 Å². The fourth-order valence-corrected chi connectivity index (χ4v) is 5.30. The lowest BCUT2D eigenvalue weighted by atomic mass is 10.1. The summed E-state index contributed by atoms with van der Waals surface area (Å²) < 4.78 is 19.2. The molecule has 0 radical (unpaired) electrons. The van der Waals surface area contributed by atoms with Crippen molar-refractivity contribution in [3.63, 3.8) is 0 Å². The Morgan fingerprint density at radius 1 is 1.20 bits per heavy atom. The number of hydrogen-bond donors (Lipinski definition) is 1. The Morgan fingerprint density at radius 3 is 2.77 bits per heavy atom. The van der Waals surface area contributed by atoms with Crippen LogP contribution in [0.15, 0.2) is 53.3 Å². The van der Waals surface area contributed by atoms with Gasteiger partial charge in [0.25, 0.3) is 5.56 Å². The Kier molecular flexibility index (Phi) is 6.70. The maximum Gasteiger partial charge on any atom is 0.258 e. The first-order valence-electron chi connectivity index (χ1n) is 11.6. The number of para-hydroxylation sites is 1. The minimum Gasteiger partial charge on any atom is -0.376 e. The second-order valence-electron chi connectivity index (χ2n) is 8.63. The van der Waals surface area contributed by atoms with Gasteiger partial charge in [-0.3, -0.25) is 9.59 Å². The average molecular weight is 493 g/mol. The number of carbonyl (C=O) groups is 1. The van der Waals surface area contributed by atoms with E-state index in [4.69, 9.17) is 4.74 Å². The molecule has 1 N–H and O–H groups in total. The van der Waals surface area contributed by atoms with Crippen LogP contribution in [-0.4, -0.2) is 45.0 Å². The highest BCUT2D eigenvalue weighted by Crippen LogP contribution is 2.29. The molecule has 2 aromatic heterocycles. The van der Waals surface area contributed by atoms with E-state index in [-0.39, 0.29) is 36.4 Å². The average Bonchev–Trinajstić information content (AvgIpc) is 3.48. The van der Waals surface area contributed by atoms with Gasteiger partial charge in [-0.15, -0.1) is 11.3 Å². The number of halogens is 1. The summed E-state index contributed by atoms with van der Waals surface area (Å²) in [5.74, 6) is 0.000512. The van der Waals surface area contributed by atoms with Crippen molar-refractivity contribution >= 4 is 28.1 Å². The van der Waals surface area contributed by atoms with Gasteiger partial charge in [0.2, 0.25) is 5.91 Å². The molecule has 9 heteroatoms. The Bertz CT molecular complexity index is 1410. The first kappa shape index (κ1) is 23.3. The maximum absolute atomic E-state index is 13.6. The first-order valence-corrected chi connectivity index (χ1v) is 12.4. The number of benzene rings is 2. The summed E-state index contributed by atoms with van der Waals surface area (Å²) in [5, 5.41) is 1.34. The molecule has 4 aromatic rings. The van der Waals surface area contributed by atoms with Crippen LogP contribution in [0.5, 0.6) is 0 Å². The molecule has 0 aliphatic carbocycles. The Balaban J connectivity index is 1.42. The van der Waals surface area contributed by atoms with Gasteiger partial charge in [0.1, 0.15) is 11.6 Å². The molecule has 1 aliphatic rings. The number of ether oxygens (including phenoxy) is 1. The van der Waals surface area contributed by atoms with E-state index in [1.807, 2.05) is 13.0 Å². The largest absolute Gasteiger partial charge is 0.376 e. The monoisotopic (exact) mass is 492 g/mol. The molecule has 0 unspecified atom stereocenters. The summed E-state index contributed by atoms with van der Waals surface area (Å²) >= 11 is 1.46. The van der Waals surface area contributed by atoms with Crippen LogP contribution in [0.1, 0.15) is 28.6 Å². The summed E-state index contributed by atoms with van der Waals surface area (Å²) in [7, 11) is 0. The van der Waals surface area contributed by atoms with Crippen LogP contribution in [0, 0.1) is 12.7 Å². The molecule has 1 saturated heterocycles. The van der Waals surface area contributed by atoms with Gasteiger partial charge in [-0.05, 0) is 56.2 Å². The number of aryl methyl sites for hydroxylation is 1. The van der Waals surface area contributed by atoms with Gasteiger partial charge >= 0.3 is 0 Å². The quantitative estimate of drug-likeness (QED) is 0.417. The van der Waals surface area contributed by atoms with Gasteiger partial charge in [0.15, 0.2) is 0 Å². The predicted molar refractivity (Wildman–Crippen MR) is 133 cm³/mol. The molecule has 35 heavy (non-hydrogen) atoms. The van der Waals surface area contributed by atoms with Crippen LogP contribution in [-0.2, 0) is 22.5 Å². The number of H-pyrrole nitrogens is 1. The zero-order valence-electron chi connectivity index (χ0n) is 19.3. The minimum absolute atomic E-state index is 0.0501. The fourth-order valence-electron chi connectivity index (χ4n) is 4.35. The number of carbonyl (C=O) groups excluding carboxylic acids is 1. The third-order valence-electron chi connectivity index (χ3n) is 6.04. The van der Waals surface area contributed by atoms with E-state index in [0.29, 0.717) is 35.6 Å². The number of aromatic amines is 1. The fraction of sp³-hybridized carbons (Fsp3) is 0.308. The molecular weight excluding hydrogens is 467 g/mol. The minimum atomic E-state index is -0.321. The van der Waals surface area contributed by atoms with Crippen molar-refractivity contribution in [3.05, 3.63) is 80.4 Å². The molecule has 0 saturated carbocycles. The molecule has 7 nitrogen and oxygen atoms in total. The van der Waals surface area contributed by atoms with Crippen LogP contribution < -0.4 is 5.56 Å². The zero-order valence-corrected chi connectivity index (χ0v) is 20.1. The second-order valence-corrected chi connectivity index (χ2v) is 9.92. The number of nitrogens with one attached hydrogen (secondary N) is 1. The number of hydrogen-bond acceptors (Lipinski definition) is 6. The molecule has 1 amide bonds. The maximum atomic E-state index is 13.6. The van der Waals surface area contributed by atoms with Crippen LogP contribution in [0.3, 0.4) is 0 Å². The summed E-state index contributed by atoms with van der Waals surface area (Å²) in [6.07, 6.45) is 1.93. The summed E-state index contributed by atoms with van der Waals surface area (Å²) in [6, 6.07) is 13.3. The van der Waals surface area contributed by atoms with Crippen LogP contribution >= 0.6 is 11.3 Å². The topological polar surface area (TPSA) is 88.2 Å². The molecule has 1 atom stereocenters. The number of fused-ring (bicyclic) bond motifs is 1. The number of aromatic nitrogens is 3. The van der Waals surface area contributed by atoms with Crippen molar-refractivity contribution < 1.29 is 13.9 Å². The molecule has 0 spiro atoms. The van der Waals surface area contributed by atoms with Gasteiger partial charge in [0, 0.05) is 23.6 Å². The highest BCUT2D eigenvalue weighted by molar-refractivity contribution is 7.12. The predicted octanol–water partition coefficient (Wildman–Crippen LogP) is 4.24. The Morgan fingerprint density at radius 2 is 2.00 bits per heavy atom. The highest BCUT2D eigenvalue weighted by atomic mass is 32.1. The van der Waals surface area contributed by atoms with E-state index >= 15 is 0 Å². The van der Waals surface area contributed by atoms with E-state index in [9.17, 15) is 14.0 Å². The molecule has 5 rings (SSSR count). The Labute approximate surface area is 205 Å². The molecule has 2 aromatic carbocycles. The molecule has 3 heterocycles. The first-order chi connectivity index (χ1) is 17.0. The van der Waals surface area contributed by atoms with Crippen molar-refractivity contribution in [2.45, 2.75) is 38.8 Å². The number of nitrogens with zero attached hydrogens (tertiary/aromatic N) is 3. The van der Waals surface area contributed by atoms with E-state index < -0.39 is 0 Å². The standard InChI is InChI=1S/C26H25FN4O3S/c1-16-28-25(17-8-10-18(27)11-9-17)22(35-16)13-24(32)31(14-19-5-4-12-34-19)15-23-29-21-7-3-2-6-20(21)26(33)30-23/h2-3,6-11,19H,4-5,12-15H2,1H3,(H,29,30,33)/t19-/m0/s1. The lowest BCUT2D eigenvalue weighted by molar-refractivity contribution is -0.132. The van der Waals surface area contributed by atoms with Crippen LogP contribution in [0.25, 0.3) is 22.2 Å². The van der Waals surface area contributed by atoms with Gasteiger partial charge in [-0.25, -0.2) is 14.4 Å². The van der Waals surface area contributed by atoms with E-state index in [1.165, 1.54) is 23.5 Å². The van der Waals surface area contributed by atoms with Crippen LogP contribution in [0.2, 0.25) is 0 Å². The van der Waals surface area contributed by atoms with E-state index in [0.717, 1.165) is 28.3 Å². The molecule has 0 bridgehead atoms. The van der Waals surface area contributed by atoms with E-state index in [2.05, 4.69) is 15.0 Å². The van der Waals surface area contributed by atoms with Crippen molar-refractivity contribution in [3.8, 4) is 11.3 Å². The second kappa shape index (κ2) is 10.1. The molecule has 1 aliphatic heterocycles. The summed E-state index contributed by atoms with van der Waals surface area (Å²) in [4.78, 5) is 40.6. The molecule has 180 valence electrons. The van der Waals surface area contributed by atoms with Crippen LogP contribution in [0.4, 0.5) is 4.39 Å². The summed E-state index contributed by atoms with van der Waals surface area (Å²) in [5.41, 5.74) is 1.82. The smallest absolute Gasteiger partial charge is 0.258 e. The van der Waals surface area contributed by atoms with E-state index in [1.54, 1.807) is 35.2 Å². The summed E-state index contributed by atoms with van der Waals surface area (Å²) in [6.45, 7) is 3.15. The zero-order chi connectivity index (χ0) is 24.4. The van der Waals surface area contributed by atoms with Gasteiger partial charge in [-0.2, -0.15) is 0 Å². The SMILES string of the molecule is Cc1nc(-c2ccc(F)cc2)c(CC(=O)N(Cc2nc3ccccc3c(=O)[nH]2)C[C@@H]2CCCO2)s1.